The van der Waals surface area contributed by atoms with E-state index in [1.807, 2.05) is 36.4 Å². The molecule has 4 rings (SSSR count). The Balaban J connectivity index is 1.38. The van der Waals surface area contributed by atoms with Crippen molar-refractivity contribution >= 4 is 39.1 Å². The lowest BCUT2D eigenvalue weighted by Gasteiger charge is -2.20. The van der Waals surface area contributed by atoms with Crippen LogP contribution in [0.25, 0.3) is 0 Å². The first-order valence-corrected chi connectivity index (χ1v) is 13.5. The number of carbonyl (C=O) groups is 2. The van der Waals surface area contributed by atoms with Crippen LogP contribution in [-0.2, 0) is 10.0 Å². The zero-order valence-electron chi connectivity index (χ0n) is 20.1. The summed E-state index contributed by atoms with van der Waals surface area (Å²) in [7, 11) is -3.80. The number of hydrogen-bond acceptors (Lipinski definition) is 5. The minimum Gasteiger partial charge on any atom is -0.322 e. The van der Waals surface area contributed by atoms with Gasteiger partial charge in [0.05, 0.1) is 10.9 Å². The second kappa shape index (κ2) is 12.5. The summed E-state index contributed by atoms with van der Waals surface area (Å²) in [5, 5.41) is 3.22. The van der Waals surface area contributed by atoms with Gasteiger partial charge in [0.25, 0.3) is 11.8 Å². The third-order valence-electron chi connectivity index (χ3n) is 5.60. The third-order valence-corrected chi connectivity index (χ3v) is 7.30. The summed E-state index contributed by atoms with van der Waals surface area (Å²) >= 11 is 5.86. The summed E-state index contributed by atoms with van der Waals surface area (Å²) in [6.45, 7) is -0.0281. The Labute approximate surface area is 226 Å². The van der Waals surface area contributed by atoms with Gasteiger partial charge in [-0.15, -0.1) is 0 Å². The number of sulfonamides is 1. The Morgan fingerprint density at radius 2 is 1.29 bits per heavy atom. The molecule has 0 spiro atoms. The molecule has 0 saturated heterocycles. The number of carbonyl (C=O) groups excluding carboxylic acids is 2. The van der Waals surface area contributed by atoms with Gasteiger partial charge in [-0.25, -0.2) is 18.6 Å². The van der Waals surface area contributed by atoms with Crippen LogP contribution >= 0.6 is 11.6 Å². The summed E-state index contributed by atoms with van der Waals surface area (Å²) in [5.74, 6) is -0.677. The van der Waals surface area contributed by atoms with E-state index in [0.717, 1.165) is 5.56 Å². The van der Waals surface area contributed by atoms with E-state index in [0.29, 0.717) is 21.8 Å². The van der Waals surface area contributed by atoms with Crippen molar-refractivity contribution in [3.8, 4) is 0 Å². The predicted molar refractivity (Wildman–Crippen MR) is 147 cm³/mol. The monoisotopic (exact) mass is 548 g/mol. The van der Waals surface area contributed by atoms with Crippen molar-refractivity contribution in [3.63, 3.8) is 0 Å². The van der Waals surface area contributed by atoms with Crippen LogP contribution in [-0.4, -0.2) is 26.8 Å². The highest BCUT2D eigenvalue weighted by Gasteiger charge is 2.19. The topological polar surface area (TPSA) is 116 Å². The molecule has 0 unspecified atom stereocenters. The summed E-state index contributed by atoms with van der Waals surface area (Å²) in [5.41, 5.74) is 7.75. The molecule has 38 heavy (non-hydrogen) atoms. The molecule has 0 heterocycles. The molecule has 0 radical (unpaired) electrons. The van der Waals surface area contributed by atoms with Gasteiger partial charge in [0.15, 0.2) is 0 Å². The van der Waals surface area contributed by atoms with E-state index in [2.05, 4.69) is 20.9 Å². The van der Waals surface area contributed by atoms with Crippen LogP contribution in [0.5, 0.6) is 0 Å². The zero-order chi connectivity index (χ0) is 27.0. The SMILES string of the molecule is O=C(NN[C@@H](CNS(=O)(=O)c1ccc(Cl)cc1)c1ccccc1)c1ccc(NC(=O)c2ccccc2)cc1. The fourth-order valence-corrected chi connectivity index (χ4v) is 4.72. The van der Waals surface area contributed by atoms with E-state index in [1.54, 1.807) is 48.5 Å². The van der Waals surface area contributed by atoms with Crippen LogP contribution < -0.4 is 20.9 Å². The highest BCUT2D eigenvalue weighted by Crippen LogP contribution is 2.16. The second-order valence-electron chi connectivity index (χ2n) is 8.27. The van der Waals surface area contributed by atoms with E-state index in [-0.39, 0.29) is 17.3 Å². The van der Waals surface area contributed by atoms with Crippen LogP contribution in [0.15, 0.2) is 114 Å². The predicted octanol–water partition coefficient (Wildman–Crippen LogP) is 4.55. The highest BCUT2D eigenvalue weighted by atomic mass is 35.5. The number of halogens is 1. The number of nitrogens with one attached hydrogen (secondary N) is 4. The molecule has 0 aliphatic heterocycles. The van der Waals surface area contributed by atoms with Crippen molar-refractivity contribution in [2.45, 2.75) is 10.9 Å². The van der Waals surface area contributed by atoms with Gasteiger partial charge in [-0.3, -0.25) is 15.0 Å². The zero-order valence-corrected chi connectivity index (χ0v) is 21.7. The van der Waals surface area contributed by atoms with E-state index >= 15 is 0 Å². The first kappa shape index (κ1) is 27.0. The third kappa shape index (κ3) is 7.27. The van der Waals surface area contributed by atoms with E-state index in [4.69, 9.17) is 11.6 Å². The van der Waals surface area contributed by atoms with Gasteiger partial charge in [-0.2, -0.15) is 0 Å². The number of anilines is 1. The molecule has 8 nitrogen and oxygen atoms in total. The Kier molecular flexibility index (Phi) is 8.88. The molecule has 2 amide bonds. The largest absolute Gasteiger partial charge is 0.322 e. The first-order valence-electron chi connectivity index (χ1n) is 11.6. The van der Waals surface area contributed by atoms with Gasteiger partial charge in [0.1, 0.15) is 0 Å². The maximum Gasteiger partial charge on any atom is 0.265 e. The van der Waals surface area contributed by atoms with E-state index in [9.17, 15) is 18.0 Å². The summed E-state index contributed by atoms with van der Waals surface area (Å²) in [6, 6.07) is 29.6. The average Bonchev–Trinajstić information content (AvgIpc) is 2.94. The number of benzene rings is 4. The summed E-state index contributed by atoms with van der Waals surface area (Å²) in [6.07, 6.45) is 0. The highest BCUT2D eigenvalue weighted by molar-refractivity contribution is 7.89. The second-order valence-corrected chi connectivity index (χ2v) is 10.5. The molecule has 0 bridgehead atoms. The van der Waals surface area contributed by atoms with Crippen LogP contribution in [0, 0.1) is 0 Å². The average molecular weight is 549 g/mol. The minimum atomic E-state index is -3.80. The summed E-state index contributed by atoms with van der Waals surface area (Å²) < 4.78 is 28.0. The van der Waals surface area contributed by atoms with Crippen molar-refractivity contribution in [2.24, 2.45) is 0 Å². The fraction of sp³-hybridized carbons (Fsp3) is 0.0714. The standard InChI is InChI=1S/C28H25ClN4O4S/c29-23-13-17-25(18-14-23)38(36,37)30-19-26(20-7-3-1-4-8-20)32-33-28(35)22-11-15-24(16-12-22)31-27(34)21-9-5-2-6-10-21/h1-18,26,30,32H,19H2,(H,31,34)(H,33,35)/t26-/m0/s1. The van der Waals surface area contributed by atoms with Gasteiger partial charge < -0.3 is 5.32 Å². The Bertz CT molecular complexity index is 1480. The number of hydrazine groups is 1. The molecule has 194 valence electrons. The Morgan fingerprint density at radius 3 is 1.92 bits per heavy atom. The quantitative estimate of drug-likeness (QED) is 0.217. The number of rotatable bonds is 10. The fourth-order valence-electron chi connectivity index (χ4n) is 3.55. The maximum absolute atomic E-state index is 12.8. The molecule has 10 heteroatoms. The lowest BCUT2D eigenvalue weighted by molar-refractivity contribution is 0.0925. The van der Waals surface area contributed by atoms with Crippen LogP contribution in [0.1, 0.15) is 32.3 Å². The van der Waals surface area contributed by atoms with Crippen molar-refractivity contribution in [1.29, 1.82) is 0 Å². The molecule has 0 fully saturated rings. The van der Waals surface area contributed by atoms with Crippen molar-refractivity contribution < 1.29 is 18.0 Å². The molecule has 4 N–H and O–H groups in total. The lowest BCUT2D eigenvalue weighted by Crippen LogP contribution is -2.44. The summed E-state index contributed by atoms with van der Waals surface area (Å²) in [4.78, 5) is 25.2. The van der Waals surface area contributed by atoms with E-state index < -0.39 is 22.0 Å². The van der Waals surface area contributed by atoms with Gasteiger partial charge in [-0.05, 0) is 66.2 Å². The molecular formula is C28H25ClN4O4S. The van der Waals surface area contributed by atoms with Gasteiger partial charge in [-0.1, -0.05) is 60.1 Å². The molecule has 0 aliphatic rings. The molecule has 0 saturated carbocycles. The van der Waals surface area contributed by atoms with Crippen LogP contribution in [0.3, 0.4) is 0 Å². The molecule has 0 aliphatic carbocycles. The van der Waals surface area contributed by atoms with Gasteiger partial charge in [0.2, 0.25) is 10.0 Å². The first-order chi connectivity index (χ1) is 18.3. The normalized spacial score (nSPS) is 11.9. The van der Waals surface area contributed by atoms with Gasteiger partial charge in [0, 0.05) is 28.4 Å². The van der Waals surface area contributed by atoms with Crippen molar-refractivity contribution in [1.82, 2.24) is 15.6 Å². The smallest absolute Gasteiger partial charge is 0.265 e. The number of amides is 2. The Hall–Kier alpha value is -4.02. The molecule has 4 aromatic rings. The molecule has 4 aromatic carbocycles. The maximum atomic E-state index is 12.8. The van der Waals surface area contributed by atoms with E-state index in [1.165, 1.54) is 24.3 Å². The van der Waals surface area contributed by atoms with Crippen molar-refractivity contribution in [2.75, 3.05) is 11.9 Å². The molecule has 0 aromatic heterocycles. The minimum absolute atomic E-state index is 0.0281. The van der Waals surface area contributed by atoms with Crippen LogP contribution in [0.2, 0.25) is 5.02 Å². The molecule has 1 atom stereocenters. The Morgan fingerprint density at radius 1 is 0.711 bits per heavy atom. The van der Waals surface area contributed by atoms with Crippen LogP contribution in [0.4, 0.5) is 5.69 Å². The van der Waals surface area contributed by atoms with Crippen molar-refractivity contribution in [3.05, 3.63) is 131 Å². The number of hydrogen-bond donors (Lipinski definition) is 4. The lowest BCUT2D eigenvalue weighted by atomic mass is 10.1. The van der Waals surface area contributed by atoms with Gasteiger partial charge >= 0.3 is 0 Å². The molecular weight excluding hydrogens is 524 g/mol.